The molecule has 2 aliphatic rings. The molecule has 1 aromatic heterocycles. The molecule has 2 N–H and O–H groups in total. The Hall–Kier alpha value is -3.10. The summed E-state index contributed by atoms with van der Waals surface area (Å²) in [7, 11) is 1.85. The van der Waals surface area contributed by atoms with Gasteiger partial charge in [-0.25, -0.2) is 4.79 Å². The van der Waals surface area contributed by atoms with Gasteiger partial charge in [-0.15, -0.1) is 0 Å². The SMILES string of the molecule is Cn1nc(C2CCC(=O)NC2=O)c2cccc(NC[C@@H]3CCCN3C(=O)OC(C)(C)C)c21. The van der Waals surface area contributed by atoms with Crippen LogP contribution in [0.15, 0.2) is 18.2 Å². The molecule has 3 amide bonds. The predicted octanol–water partition coefficient (Wildman–Crippen LogP) is 2.90. The summed E-state index contributed by atoms with van der Waals surface area (Å²) in [5.41, 5.74) is 1.96. The van der Waals surface area contributed by atoms with Gasteiger partial charge in [0.05, 0.1) is 28.9 Å². The number of ether oxygens (including phenoxy) is 1. The zero-order valence-corrected chi connectivity index (χ0v) is 19.1. The number of aryl methyl sites for hydroxylation is 1. The summed E-state index contributed by atoms with van der Waals surface area (Å²) in [6, 6.07) is 5.91. The van der Waals surface area contributed by atoms with Gasteiger partial charge in [0.1, 0.15) is 5.60 Å². The normalized spacial score (nSPS) is 21.7. The van der Waals surface area contributed by atoms with E-state index in [4.69, 9.17) is 4.74 Å². The average Bonchev–Trinajstić information content (AvgIpc) is 3.30. The molecule has 3 heterocycles. The fraction of sp³-hybridized carbons (Fsp3) is 0.565. The molecule has 2 aliphatic heterocycles. The van der Waals surface area contributed by atoms with Crippen molar-refractivity contribution in [2.75, 3.05) is 18.4 Å². The van der Waals surface area contributed by atoms with E-state index < -0.39 is 11.5 Å². The zero-order valence-electron chi connectivity index (χ0n) is 19.1. The third kappa shape index (κ3) is 4.42. The first-order valence-electron chi connectivity index (χ1n) is 11.2. The lowest BCUT2D eigenvalue weighted by atomic mass is 9.92. The van der Waals surface area contributed by atoms with Crippen LogP contribution in [0.1, 0.15) is 58.1 Å². The van der Waals surface area contributed by atoms with Gasteiger partial charge < -0.3 is 15.0 Å². The highest BCUT2D eigenvalue weighted by Gasteiger charge is 2.33. The van der Waals surface area contributed by atoms with E-state index in [0.717, 1.165) is 29.4 Å². The van der Waals surface area contributed by atoms with Crippen LogP contribution in [0.25, 0.3) is 10.9 Å². The molecule has 0 saturated carbocycles. The minimum Gasteiger partial charge on any atom is -0.444 e. The lowest BCUT2D eigenvalue weighted by Crippen LogP contribution is -2.42. The molecule has 172 valence electrons. The van der Waals surface area contributed by atoms with Crippen molar-refractivity contribution < 1.29 is 19.1 Å². The van der Waals surface area contributed by atoms with E-state index in [2.05, 4.69) is 15.7 Å². The quantitative estimate of drug-likeness (QED) is 0.707. The first kappa shape index (κ1) is 22.1. The van der Waals surface area contributed by atoms with Gasteiger partial charge in [-0.2, -0.15) is 5.10 Å². The summed E-state index contributed by atoms with van der Waals surface area (Å²) in [6.07, 6.45) is 2.35. The lowest BCUT2D eigenvalue weighted by Gasteiger charge is -2.29. The molecular weight excluding hydrogens is 410 g/mol. The number of fused-ring (bicyclic) bond motifs is 1. The summed E-state index contributed by atoms with van der Waals surface area (Å²) in [5.74, 6) is -0.970. The number of rotatable bonds is 4. The van der Waals surface area contributed by atoms with Gasteiger partial charge in [-0.3, -0.25) is 19.6 Å². The number of hydrogen-bond acceptors (Lipinski definition) is 6. The highest BCUT2D eigenvalue weighted by atomic mass is 16.6. The summed E-state index contributed by atoms with van der Waals surface area (Å²) in [5, 5.41) is 11.4. The molecule has 2 saturated heterocycles. The lowest BCUT2D eigenvalue weighted by molar-refractivity contribution is -0.134. The van der Waals surface area contributed by atoms with E-state index in [1.54, 1.807) is 9.58 Å². The van der Waals surface area contributed by atoms with Crippen LogP contribution in [0, 0.1) is 0 Å². The minimum atomic E-state index is -0.523. The molecule has 1 unspecified atom stereocenters. The molecule has 32 heavy (non-hydrogen) atoms. The smallest absolute Gasteiger partial charge is 0.410 e. The Labute approximate surface area is 187 Å². The predicted molar refractivity (Wildman–Crippen MR) is 120 cm³/mol. The van der Waals surface area contributed by atoms with Gasteiger partial charge in [0.15, 0.2) is 0 Å². The van der Waals surface area contributed by atoms with Crippen LogP contribution in [-0.4, -0.2) is 57.3 Å². The van der Waals surface area contributed by atoms with E-state index in [9.17, 15) is 14.4 Å². The third-order valence-corrected chi connectivity index (χ3v) is 6.00. The van der Waals surface area contributed by atoms with Crippen LogP contribution < -0.4 is 10.6 Å². The number of nitrogens with zero attached hydrogens (tertiary/aromatic N) is 3. The summed E-state index contributed by atoms with van der Waals surface area (Å²) >= 11 is 0. The highest BCUT2D eigenvalue weighted by molar-refractivity contribution is 6.03. The number of nitrogens with one attached hydrogen (secondary N) is 2. The van der Waals surface area contributed by atoms with Gasteiger partial charge in [0.2, 0.25) is 11.8 Å². The van der Waals surface area contributed by atoms with E-state index in [1.165, 1.54) is 0 Å². The Kier molecular flexibility index (Phi) is 5.83. The molecule has 4 rings (SSSR count). The van der Waals surface area contributed by atoms with Crippen LogP contribution in [0.3, 0.4) is 0 Å². The number of amides is 3. The van der Waals surface area contributed by atoms with Crippen LogP contribution in [0.2, 0.25) is 0 Å². The fourth-order valence-corrected chi connectivity index (χ4v) is 4.56. The van der Waals surface area contributed by atoms with Crippen LogP contribution in [0.4, 0.5) is 10.5 Å². The molecule has 9 nitrogen and oxygen atoms in total. The van der Waals surface area contributed by atoms with Crippen molar-refractivity contribution in [3.8, 4) is 0 Å². The Morgan fingerprint density at radius 1 is 1.28 bits per heavy atom. The first-order valence-corrected chi connectivity index (χ1v) is 11.2. The van der Waals surface area contributed by atoms with Crippen LogP contribution in [0.5, 0.6) is 0 Å². The van der Waals surface area contributed by atoms with Crippen LogP contribution in [-0.2, 0) is 21.4 Å². The molecule has 1 aromatic carbocycles. The first-order chi connectivity index (χ1) is 15.1. The Bertz CT molecular complexity index is 1050. The maximum atomic E-state index is 12.6. The van der Waals surface area contributed by atoms with Crippen molar-refractivity contribution in [3.05, 3.63) is 23.9 Å². The maximum absolute atomic E-state index is 12.6. The van der Waals surface area contributed by atoms with E-state index in [-0.39, 0.29) is 23.9 Å². The molecule has 0 radical (unpaired) electrons. The summed E-state index contributed by atoms with van der Waals surface area (Å²) in [6.45, 7) is 6.90. The number of anilines is 1. The molecule has 2 atom stereocenters. The van der Waals surface area contributed by atoms with E-state index in [1.807, 2.05) is 46.0 Å². The van der Waals surface area contributed by atoms with Crippen LogP contribution >= 0.6 is 0 Å². The third-order valence-electron chi connectivity index (χ3n) is 6.00. The van der Waals surface area contributed by atoms with Crippen molar-refractivity contribution in [2.24, 2.45) is 7.05 Å². The summed E-state index contributed by atoms with van der Waals surface area (Å²) < 4.78 is 7.34. The molecule has 0 spiro atoms. The standard InChI is InChI=1S/C23H31N5O4/c1-23(2,3)32-22(31)28-12-6-7-14(28)13-24-17-9-5-8-15-19(26-27(4)20(15)17)16-10-11-18(29)25-21(16)30/h5,8-9,14,16,24H,6-7,10-13H2,1-4H3,(H,25,29,30)/t14-,16?/m0/s1. The number of piperidine rings is 1. The number of hydrogen-bond donors (Lipinski definition) is 2. The number of carbonyl (C=O) groups is 3. The number of carbonyl (C=O) groups excluding carboxylic acids is 3. The molecule has 2 aromatic rings. The van der Waals surface area contributed by atoms with Gasteiger partial charge in [-0.1, -0.05) is 12.1 Å². The topological polar surface area (TPSA) is 106 Å². The zero-order chi connectivity index (χ0) is 23.0. The Morgan fingerprint density at radius 3 is 2.78 bits per heavy atom. The second kappa shape index (κ2) is 8.44. The van der Waals surface area contributed by atoms with Crippen molar-refractivity contribution in [3.63, 3.8) is 0 Å². The molecule has 2 fully saturated rings. The fourth-order valence-electron chi connectivity index (χ4n) is 4.56. The van der Waals surface area contributed by atoms with Gasteiger partial charge in [0.25, 0.3) is 0 Å². The minimum absolute atomic E-state index is 0.0444. The van der Waals surface area contributed by atoms with Crippen molar-refractivity contribution >= 4 is 34.5 Å². The van der Waals surface area contributed by atoms with E-state index >= 15 is 0 Å². The van der Waals surface area contributed by atoms with Gasteiger partial charge in [0, 0.05) is 31.9 Å². The number of para-hydroxylation sites is 1. The largest absolute Gasteiger partial charge is 0.444 e. The van der Waals surface area contributed by atoms with Gasteiger partial charge >= 0.3 is 6.09 Å². The molecular formula is C23H31N5O4. The number of imide groups is 1. The number of aromatic nitrogens is 2. The average molecular weight is 442 g/mol. The summed E-state index contributed by atoms with van der Waals surface area (Å²) in [4.78, 5) is 38.3. The van der Waals surface area contributed by atoms with Gasteiger partial charge in [-0.05, 0) is 46.1 Å². The van der Waals surface area contributed by atoms with Crippen molar-refractivity contribution in [2.45, 2.75) is 64.0 Å². The second-order valence-electron chi connectivity index (χ2n) is 9.56. The monoisotopic (exact) mass is 441 g/mol. The molecule has 0 bridgehead atoms. The Morgan fingerprint density at radius 2 is 2.06 bits per heavy atom. The molecule has 9 heteroatoms. The molecule has 0 aliphatic carbocycles. The maximum Gasteiger partial charge on any atom is 0.410 e. The Balaban J connectivity index is 1.53. The van der Waals surface area contributed by atoms with Crippen molar-refractivity contribution in [1.82, 2.24) is 20.0 Å². The van der Waals surface area contributed by atoms with Crippen molar-refractivity contribution in [1.29, 1.82) is 0 Å². The van der Waals surface area contributed by atoms with E-state index in [0.29, 0.717) is 31.6 Å². The second-order valence-corrected chi connectivity index (χ2v) is 9.56. The number of benzene rings is 1. The highest BCUT2D eigenvalue weighted by Crippen LogP contribution is 2.33. The number of likely N-dealkylation sites (tertiary alicyclic amines) is 1.